The molecule has 2 aromatic rings. The van der Waals surface area contributed by atoms with Crippen LogP contribution in [0.4, 0.5) is 18.9 Å². The molecule has 26 heavy (non-hydrogen) atoms. The Morgan fingerprint density at radius 3 is 2.31 bits per heavy atom. The fraction of sp³-hybridized carbons (Fsp3) is 0.0556. The van der Waals surface area contributed by atoms with E-state index in [1.165, 1.54) is 36.4 Å². The molecule has 0 aliphatic carbocycles. The van der Waals surface area contributed by atoms with Crippen LogP contribution < -0.4 is 5.32 Å². The lowest BCUT2D eigenvalue weighted by molar-refractivity contribution is -0.137. The van der Waals surface area contributed by atoms with Crippen molar-refractivity contribution in [2.24, 2.45) is 0 Å². The van der Waals surface area contributed by atoms with Gasteiger partial charge in [-0.2, -0.15) is 18.4 Å². The van der Waals surface area contributed by atoms with Gasteiger partial charge in [0.2, 0.25) is 0 Å². The lowest BCUT2D eigenvalue weighted by atomic mass is 10.1. The summed E-state index contributed by atoms with van der Waals surface area (Å²) >= 11 is 0. The molecule has 2 aromatic carbocycles. The van der Waals surface area contributed by atoms with Crippen molar-refractivity contribution in [3.8, 4) is 6.07 Å². The summed E-state index contributed by atoms with van der Waals surface area (Å²) in [4.78, 5) is 22.9. The molecule has 0 saturated carbocycles. The highest BCUT2D eigenvalue weighted by molar-refractivity contribution is 6.09. The number of carboxylic acids is 1. The molecule has 0 aromatic heterocycles. The summed E-state index contributed by atoms with van der Waals surface area (Å²) in [6.45, 7) is 0. The molecule has 1 amide bonds. The summed E-state index contributed by atoms with van der Waals surface area (Å²) in [5.74, 6) is -1.96. The van der Waals surface area contributed by atoms with Crippen molar-refractivity contribution in [3.05, 3.63) is 70.8 Å². The van der Waals surface area contributed by atoms with Gasteiger partial charge in [0, 0.05) is 5.69 Å². The number of rotatable bonds is 4. The highest BCUT2D eigenvalue weighted by Crippen LogP contribution is 2.30. The molecule has 0 aliphatic rings. The van der Waals surface area contributed by atoms with Crippen molar-refractivity contribution < 1.29 is 27.9 Å². The largest absolute Gasteiger partial charge is 0.478 e. The molecule has 0 bridgehead atoms. The molecule has 2 rings (SSSR count). The number of nitriles is 1. The monoisotopic (exact) mass is 360 g/mol. The summed E-state index contributed by atoms with van der Waals surface area (Å²) in [6.07, 6.45) is -3.50. The van der Waals surface area contributed by atoms with Gasteiger partial charge in [-0.15, -0.1) is 0 Å². The molecule has 132 valence electrons. The van der Waals surface area contributed by atoms with E-state index < -0.39 is 29.2 Å². The third-order valence-corrected chi connectivity index (χ3v) is 3.28. The Hall–Kier alpha value is -3.60. The fourth-order valence-corrected chi connectivity index (χ4v) is 2.01. The Labute approximate surface area is 146 Å². The molecule has 0 atom stereocenters. The van der Waals surface area contributed by atoms with E-state index in [0.29, 0.717) is 0 Å². The Morgan fingerprint density at radius 2 is 1.77 bits per heavy atom. The van der Waals surface area contributed by atoms with Crippen molar-refractivity contribution in [1.82, 2.24) is 0 Å². The van der Waals surface area contributed by atoms with E-state index in [0.717, 1.165) is 18.2 Å². The SMILES string of the molecule is N#CC(=Cc1cccc(C(F)(F)F)c1)C(=O)Nc1ccc(C(=O)O)cc1. The minimum Gasteiger partial charge on any atom is -0.478 e. The van der Waals surface area contributed by atoms with E-state index >= 15 is 0 Å². The van der Waals surface area contributed by atoms with Crippen LogP contribution in [0.3, 0.4) is 0 Å². The molecule has 0 spiro atoms. The molecule has 0 saturated heterocycles. The summed E-state index contributed by atoms with van der Waals surface area (Å²) in [7, 11) is 0. The minimum absolute atomic E-state index is 0.0167. The number of anilines is 1. The van der Waals surface area contributed by atoms with Crippen molar-refractivity contribution in [2.75, 3.05) is 5.32 Å². The number of alkyl halides is 3. The standard InChI is InChI=1S/C18H11F3N2O3/c19-18(20,21)14-3-1-2-11(9-14)8-13(10-22)16(24)23-15-6-4-12(5-7-15)17(25)26/h1-9H,(H,23,24)(H,25,26). The zero-order valence-electron chi connectivity index (χ0n) is 13.0. The first kappa shape index (κ1) is 18.7. The number of hydrogen-bond donors (Lipinski definition) is 2. The van der Waals surface area contributed by atoms with E-state index in [2.05, 4.69) is 5.32 Å². The van der Waals surface area contributed by atoms with E-state index in [4.69, 9.17) is 10.4 Å². The normalized spacial score (nSPS) is 11.5. The number of nitrogens with zero attached hydrogens (tertiary/aromatic N) is 1. The van der Waals surface area contributed by atoms with Crippen molar-refractivity contribution in [3.63, 3.8) is 0 Å². The van der Waals surface area contributed by atoms with Crippen LogP contribution >= 0.6 is 0 Å². The number of carbonyl (C=O) groups excluding carboxylic acids is 1. The topological polar surface area (TPSA) is 90.2 Å². The average molecular weight is 360 g/mol. The number of halogens is 3. The highest BCUT2D eigenvalue weighted by Gasteiger charge is 2.30. The van der Waals surface area contributed by atoms with Crippen molar-refractivity contribution in [1.29, 1.82) is 5.26 Å². The van der Waals surface area contributed by atoms with Crippen LogP contribution in [-0.2, 0) is 11.0 Å². The van der Waals surface area contributed by atoms with Crippen LogP contribution in [0.25, 0.3) is 6.08 Å². The molecule has 0 radical (unpaired) electrons. The maximum atomic E-state index is 12.7. The van der Waals surface area contributed by atoms with Gasteiger partial charge in [-0.25, -0.2) is 4.79 Å². The van der Waals surface area contributed by atoms with Crippen LogP contribution in [0.5, 0.6) is 0 Å². The molecule has 0 aliphatic heterocycles. The third-order valence-electron chi connectivity index (χ3n) is 3.28. The molecule has 0 unspecified atom stereocenters. The van der Waals surface area contributed by atoms with Crippen LogP contribution in [0, 0.1) is 11.3 Å². The number of carboxylic acid groups (broad SMARTS) is 1. The summed E-state index contributed by atoms with van der Waals surface area (Å²) in [6, 6.07) is 11.0. The fourth-order valence-electron chi connectivity index (χ4n) is 2.01. The van der Waals surface area contributed by atoms with Gasteiger partial charge in [-0.3, -0.25) is 4.79 Å². The van der Waals surface area contributed by atoms with Crippen molar-refractivity contribution >= 4 is 23.6 Å². The van der Waals surface area contributed by atoms with E-state index in [-0.39, 0.29) is 16.8 Å². The highest BCUT2D eigenvalue weighted by atomic mass is 19.4. The van der Waals surface area contributed by atoms with Crippen LogP contribution in [0.2, 0.25) is 0 Å². The predicted molar refractivity (Wildman–Crippen MR) is 87.1 cm³/mol. The first-order valence-corrected chi connectivity index (χ1v) is 7.14. The van der Waals surface area contributed by atoms with Crippen LogP contribution in [0.1, 0.15) is 21.5 Å². The minimum atomic E-state index is -4.54. The molecule has 0 fully saturated rings. The van der Waals surface area contributed by atoms with Gasteiger partial charge >= 0.3 is 12.1 Å². The van der Waals surface area contributed by atoms with Gasteiger partial charge < -0.3 is 10.4 Å². The Balaban J connectivity index is 2.22. The van der Waals surface area contributed by atoms with Gasteiger partial charge in [-0.1, -0.05) is 12.1 Å². The van der Waals surface area contributed by atoms with E-state index in [1.807, 2.05) is 0 Å². The second-order valence-corrected chi connectivity index (χ2v) is 5.13. The number of amides is 1. The first-order chi connectivity index (χ1) is 12.2. The smallest absolute Gasteiger partial charge is 0.416 e. The number of carbonyl (C=O) groups is 2. The second kappa shape index (κ2) is 7.53. The maximum absolute atomic E-state index is 12.7. The van der Waals surface area contributed by atoms with Crippen molar-refractivity contribution in [2.45, 2.75) is 6.18 Å². The number of aromatic carboxylic acids is 1. The zero-order valence-corrected chi connectivity index (χ0v) is 13.0. The Kier molecular flexibility index (Phi) is 5.42. The second-order valence-electron chi connectivity index (χ2n) is 5.13. The third kappa shape index (κ3) is 4.70. The maximum Gasteiger partial charge on any atom is 0.416 e. The molecule has 8 heteroatoms. The quantitative estimate of drug-likeness (QED) is 0.638. The Bertz CT molecular complexity index is 911. The first-order valence-electron chi connectivity index (χ1n) is 7.14. The molecular formula is C18H11F3N2O3. The molecule has 5 nitrogen and oxygen atoms in total. The lowest BCUT2D eigenvalue weighted by Gasteiger charge is -2.07. The molecule has 2 N–H and O–H groups in total. The van der Waals surface area contributed by atoms with Crippen LogP contribution in [0.15, 0.2) is 54.1 Å². The Morgan fingerprint density at radius 1 is 1.12 bits per heavy atom. The summed E-state index contributed by atoms with van der Waals surface area (Å²) in [5.41, 5.74) is -0.985. The van der Waals surface area contributed by atoms with Gasteiger partial charge in [0.1, 0.15) is 11.6 Å². The number of benzene rings is 2. The van der Waals surface area contributed by atoms with Gasteiger partial charge in [-0.05, 0) is 48.0 Å². The van der Waals surface area contributed by atoms with Gasteiger partial charge in [0.15, 0.2) is 0 Å². The average Bonchev–Trinajstić information content (AvgIpc) is 2.59. The lowest BCUT2D eigenvalue weighted by Crippen LogP contribution is -2.13. The molecular weight excluding hydrogens is 349 g/mol. The predicted octanol–water partition coefficient (Wildman–Crippen LogP) is 3.95. The van der Waals surface area contributed by atoms with Gasteiger partial charge in [0.05, 0.1) is 11.1 Å². The summed E-state index contributed by atoms with van der Waals surface area (Å²) in [5, 5.41) is 20.3. The van der Waals surface area contributed by atoms with E-state index in [9.17, 15) is 22.8 Å². The number of nitrogens with one attached hydrogen (secondary N) is 1. The van der Waals surface area contributed by atoms with Gasteiger partial charge in [0.25, 0.3) is 5.91 Å². The van der Waals surface area contributed by atoms with Crippen LogP contribution in [-0.4, -0.2) is 17.0 Å². The summed E-state index contributed by atoms with van der Waals surface area (Å²) < 4.78 is 38.1. The number of hydrogen-bond acceptors (Lipinski definition) is 3. The van der Waals surface area contributed by atoms with E-state index in [1.54, 1.807) is 6.07 Å². The molecule has 0 heterocycles. The zero-order chi connectivity index (χ0) is 19.3.